The van der Waals surface area contributed by atoms with Gasteiger partial charge in [-0.2, -0.15) is 17.6 Å². The Morgan fingerprint density at radius 1 is 1.23 bits per heavy atom. The van der Waals surface area contributed by atoms with Crippen molar-refractivity contribution < 1.29 is 41.0 Å². The normalized spacial score (nSPS) is 24.5. The van der Waals surface area contributed by atoms with Gasteiger partial charge in [0.1, 0.15) is 11.8 Å². The second kappa shape index (κ2) is 9.40. The number of hydrogen-bond acceptors (Lipinski definition) is 5. The second-order valence-electron chi connectivity index (χ2n) is 8.69. The van der Waals surface area contributed by atoms with Crippen LogP contribution in [0, 0.1) is 17.6 Å². The number of halogens is 5. The van der Waals surface area contributed by atoms with Gasteiger partial charge in [-0.15, -0.1) is 0 Å². The number of nitrogens with two attached hydrogens (primary N) is 1. The largest absolute Gasteiger partial charge is 0.488 e. The maximum Gasteiger partial charge on any atom is 0.417 e. The Morgan fingerprint density at radius 3 is 2.46 bits per heavy atom. The maximum atomic E-state index is 14.7. The van der Waals surface area contributed by atoms with Crippen molar-refractivity contribution in [3.63, 3.8) is 0 Å². The zero-order chi connectivity index (χ0) is 26.3. The Morgan fingerprint density at radius 2 is 1.89 bits per heavy atom. The number of carbonyl (C=O) groups excluding carboxylic acids is 2. The molecule has 2 amide bonds. The summed E-state index contributed by atoms with van der Waals surface area (Å²) in [5, 5.41) is 2.39. The van der Waals surface area contributed by atoms with Gasteiger partial charge in [0.05, 0.1) is 6.10 Å². The molecule has 1 aromatic carbocycles. The zero-order valence-corrected chi connectivity index (χ0v) is 19.2. The van der Waals surface area contributed by atoms with Crippen molar-refractivity contribution >= 4 is 17.5 Å². The van der Waals surface area contributed by atoms with Gasteiger partial charge in [0.2, 0.25) is 5.82 Å². The Balaban J connectivity index is 2.10. The van der Waals surface area contributed by atoms with Crippen LogP contribution >= 0.6 is 0 Å². The lowest BCUT2D eigenvalue weighted by Gasteiger charge is -2.32. The average molecular weight is 501 g/mol. The fraction of sp³-hybridized carbons (Fsp3) is 0.435. The Labute approximate surface area is 197 Å². The smallest absolute Gasteiger partial charge is 0.417 e. The molecule has 12 heteroatoms. The SMILES string of the molecule is CC(C)Oc1c([C@@H]2[C@H](C(=O)Nc3ccnc(C(N)=O)c3)O[C@](C)(C(F)(F)F)[C@H]2C)ccc(F)c1F. The van der Waals surface area contributed by atoms with Crippen molar-refractivity contribution in [2.75, 3.05) is 5.32 Å². The van der Waals surface area contributed by atoms with Gasteiger partial charge in [0.25, 0.3) is 11.8 Å². The van der Waals surface area contributed by atoms with Crippen LogP contribution in [0.1, 0.15) is 49.7 Å². The summed E-state index contributed by atoms with van der Waals surface area (Å²) < 4.78 is 81.6. The Kier molecular flexibility index (Phi) is 7.07. The predicted octanol–water partition coefficient (Wildman–Crippen LogP) is 4.32. The number of pyridine rings is 1. The molecule has 1 saturated heterocycles. The fourth-order valence-electron chi connectivity index (χ4n) is 4.04. The third-order valence-electron chi connectivity index (χ3n) is 6.00. The summed E-state index contributed by atoms with van der Waals surface area (Å²) in [5.74, 6) is -7.90. The van der Waals surface area contributed by atoms with Crippen molar-refractivity contribution in [3.8, 4) is 5.75 Å². The number of ether oxygens (including phenoxy) is 2. The third kappa shape index (κ3) is 4.93. The van der Waals surface area contributed by atoms with Gasteiger partial charge >= 0.3 is 6.18 Å². The van der Waals surface area contributed by atoms with E-state index in [1.165, 1.54) is 33.0 Å². The molecule has 4 atom stereocenters. The molecule has 35 heavy (non-hydrogen) atoms. The first kappa shape index (κ1) is 26.3. The first-order valence-corrected chi connectivity index (χ1v) is 10.6. The van der Waals surface area contributed by atoms with Crippen molar-refractivity contribution in [2.45, 2.75) is 57.6 Å². The van der Waals surface area contributed by atoms with E-state index in [0.29, 0.717) is 0 Å². The Bertz CT molecular complexity index is 1140. The van der Waals surface area contributed by atoms with Gasteiger partial charge in [0, 0.05) is 29.3 Å². The molecule has 0 aliphatic carbocycles. The van der Waals surface area contributed by atoms with Crippen LogP contribution in [-0.2, 0) is 9.53 Å². The minimum atomic E-state index is -4.90. The highest BCUT2D eigenvalue weighted by molar-refractivity contribution is 5.97. The van der Waals surface area contributed by atoms with Crippen molar-refractivity contribution in [2.24, 2.45) is 11.7 Å². The second-order valence-corrected chi connectivity index (χ2v) is 8.69. The molecule has 0 radical (unpaired) electrons. The molecule has 1 aliphatic rings. The summed E-state index contributed by atoms with van der Waals surface area (Å²) in [6, 6.07) is 4.28. The number of hydrogen-bond donors (Lipinski definition) is 2. The van der Waals surface area contributed by atoms with E-state index >= 15 is 0 Å². The number of nitrogens with zero attached hydrogens (tertiary/aromatic N) is 1. The van der Waals surface area contributed by atoms with Crippen molar-refractivity contribution in [3.05, 3.63) is 53.4 Å². The highest BCUT2D eigenvalue weighted by Gasteiger charge is 2.66. The first-order chi connectivity index (χ1) is 16.2. The van der Waals surface area contributed by atoms with Crippen LogP contribution in [0.5, 0.6) is 5.75 Å². The molecule has 0 saturated carbocycles. The lowest BCUT2D eigenvalue weighted by Crippen LogP contribution is -2.47. The van der Waals surface area contributed by atoms with E-state index in [2.05, 4.69) is 10.3 Å². The van der Waals surface area contributed by atoms with Crippen LogP contribution in [0.25, 0.3) is 0 Å². The molecule has 3 N–H and O–H groups in total. The van der Waals surface area contributed by atoms with Gasteiger partial charge in [-0.1, -0.05) is 13.0 Å². The minimum Gasteiger partial charge on any atom is -0.488 e. The number of aromatic nitrogens is 1. The van der Waals surface area contributed by atoms with Gasteiger partial charge in [0.15, 0.2) is 17.2 Å². The summed E-state index contributed by atoms with van der Waals surface area (Å²) in [6.45, 7) is 5.07. The third-order valence-corrected chi connectivity index (χ3v) is 6.00. The van der Waals surface area contributed by atoms with E-state index in [-0.39, 0.29) is 16.9 Å². The van der Waals surface area contributed by atoms with Crippen LogP contribution in [0.15, 0.2) is 30.5 Å². The molecule has 1 aliphatic heterocycles. The van der Waals surface area contributed by atoms with Gasteiger partial charge in [-0.05, 0) is 39.0 Å². The van der Waals surface area contributed by atoms with Gasteiger partial charge < -0.3 is 20.5 Å². The molecule has 0 unspecified atom stereocenters. The molecule has 0 spiro atoms. The lowest BCUT2D eigenvalue weighted by molar-refractivity contribution is -0.272. The quantitative estimate of drug-likeness (QED) is 0.574. The van der Waals surface area contributed by atoms with E-state index in [4.69, 9.17) is 15.2 Å². The number of nitrogens with one attached hydrogen (secondary N) is 1. The summed E-state index contributed by atoms with van der Waals surface area (Å²) >= 11 is 0. The van der Waals surface area contributed by atoms with E-state index in [1.54, 1.807) is 0 Å². The fourth-order valence-corrected chi connectivity index (χ4v) is 4.04. The molecule has 1 fully saturated rings. The highest BCUT2D eigenvalue weighted by atomic mass is 19.4. The van der Waals surface area contributed by atoms with Crippen LogP contribution in [0.3, 0.4) is 0 Å². The number of carbonyl (C=O) groups is 2. The minimum absolute atomic E-state index is 0.0263. The first-order valence-electron chi connectivity index (χ1n) is 10.6. The van der Waals surface area contributed by atoms with Crippen LogP contribution in [-0.4, -0.2) is 40.8 Å². The zero-order valence-electron chi connectivity index (χ0n) is 19.2. The van der Waals surface area contributed by atoms with Crippen LogP contribution < -0.4 is 15.8 Å². The molecule has 2 heterocycles. The predicted molar refractivity (Wildman–Crippen MR) is 115 cm³/mol. The molecule has 1 aromatic heterocycles. The van der Waals surface area contributed by atoms with Gasteiger partial charge in [-0.3, -0.25) is 14.6 Å². The van der Waals surface area contributed by atoms with E-state index < -0.39 is 65.0 Å². The molecule has 3 rings (SSSR count). The summed E-state index contributed by atoms with van der Waals surface area (Å²) in [7, 11) is 0. The molecule has 2 aromatic rings. The number of benzene rings is 1. The average Bonchev–Trinajstić information content (AvgIpc) is 3.04. The molecule has 190 valence electrons. The number of alkyl halides is 3. The van der Waals surface area contributed by atoms with E-state index in [1.807, 2.05) is 0 Å². The Hall–Kier alpha value is -3.28. The summed E-state index contributed by atoms with van der Waals surface area (Å²) in [6.07, 6.45) is -6.14. The van der Waals surface area contributed by atoms with E-state index in [9.17, 15) is 31.5 Å². The van der Waals surface area contributed by atoms with Crippen molar-refractivity contribution in [1.29, 1.82) is 0 Å². The molecule has 7 nitrogen and oxygen atoms in total. The molecular weight excluding hydrogens is 477 g/mol. The van der Waals surface area contributed by atoms with Gasteiger partial charge in [-0.25, -0.2) is 4.39 Å². The number of primary amides is 1. The lowest BCUT2D eigenvalue weighted by atomic mass is 9.77. The molecule has 0 bridgehead atoms. The highest BCUT2D eigenvalue weighted by Crippen LogP contribution is 2.55. The van der Waals surface area contributed by atoms with E-state index in [0.717, 1.165) is 25.1 Å². The maximum absolute atomic E-state index is 14.7. The summed E-state index contributed by atoms with van der Waals surface area (Å²) in [5.41, 5.74) is 2.07. The number of rotatable bonds is 6. The number of anilines is 1. The van der Waals surface area contributed by atoms with Crippen LogP contribution in [0.2, 0.25) is 0 Å². The topological polar surface area (TPSA) is 104 Å². The molecular formula is C23H24F5N3O4. The van der Waals surface area contributed by atoms with Crippen LogP contribution in [0.4, 0.5) is 27.6 Å². The van der Waals surface area contributed by atoms with Crippen molar-refractivity contribution in [1.82, 2.24) is 4.98 Å². The summed E-state index contributed by atoms with van der Waals surface area (Å²) in [4.78, 5) is 28.3. The standard InChI is InChI=1S/C23H24F5N3O4/c1-10(2)34-18-13(5-6-14(24)17(18)25)16-11(3)22(4,23(26,27)28)35-19(16)21(33)31-12-7-8-30-15(9-12)20(29)32/h5-11,16,19H,1-4H3,(H2,29,32)(H,30,31,33)/t11-,16+,19+,22-/m0/s1. The number of amides is 2. The monoisotopic (exact) mass is 501 g/mol.